The number of nitrogens with zero attached hydrogens (tertiary/aromatic N) is 2. The van der Waals surface area contributed by atoms with Gasteiger partial charge in [0.1, 0.15) is 6.54 Å². The highest BCUT2D eigenvalue weighted by molar-refractivity contribution is 5.90. The Morgan fingerprint density at radius 2 is 2.28 bits per heavy atom. The number of carbonyl (C=O) groups excluding carboxylic acids is 1. The summed E-state index contributed by atoms with van der Waals surface area (Å²) in [6, 6.07) is 0. The molecule has 0 aliphatic carbocycles. The van der Waals surface area contributed by atoms with Gasteiger partial charge < -0.3 is 15.2 Å². The van der Waals surface area contributed by atoms with Crippen LogP contribution in [-0.2, 0) is 20.9 Å². The third-order valence-electron chi connectivity index (χ3n) is 2.04. The van der Waals surface area contributed by atoms with Crippen molar-refractivity contribution in [3.05, 3.63) is 12.4 Å². The van der Waals surface area contributed by atoms with E-state index in [0.29, 0.717) is 18.9 Å². The molecule has 100 valence electrons. The number of carboxylic acid groups (broad SMARTS) is 1. The van der Waals surface area contributed by atoms with E-state index in [9.17, 15) is 9.59 Å². The van der Waals surface area contributed by atoms with E-state index in [1.54, 1.807) is 0 Å². The Morgan fingerprint density at radius 3 is 2.94 bits per heavy atom. The third-order valence-corrected chi connectivity index (χ3v) is 2.04. The Kier molecular flexibility index (Phi) is 5.86. The molecule has 7 heteroatoms. The molecule has 0 spiro atoms. The molecule has 0 bridgehead atoms. The zero-order chi connectivity index (χ0) is 13.4. The molecule has 0 aromatic carbocycles. The molecule has 1 aromatic rings. The summed E-state index contributed by atoms with van der Waals surface area (Å²) in [6.07, 6.45) is 4.07. The number of ether oxygens (including phenoxy) is 1. The van der Waals surface area contributed by atoms with Crippen LogP contribution in [0.15, 0.2) is 12.4 Å². The highest BCUT2D eigenvalue weighted by atomic mass is 16.5. The first-order valence-electron chi connectivity index (χ1n) is 5.73. The van der Waals surface area contributed by atoms with E-state index >= 15 is 0 Å². The first kappa shape index (κ1) is 14.2. The fourth-order valence-electron chi connectivity index (χ4n) is 1.29. The quantitative estimate of drug-likeness (QED) is 0.668. The number of amides is 1. The number of aliphatic carboxylic acids is 1. The molecule has 1 heterocycles. The molecule has 0 aliphatic heterocycles. The second-order valence-electron chi connectivity index (χ2n) is 3.73. The summed E-state index contributed by atoms with van der Waals surface area (Å²) in [5.74, 6) is -1.16. The SMILES string of the molecule is CCCOCCC(=O)Nc1cnn(CC(=O)O)c1. The van der Waals surface area contributed by atoms with E-state index in [1.807, 2.05) is 6.92 Å². The molecule has 0 aliphatic rings. The largest absolute Gasteiger partial charge is 0.480 e. The Balaban J connectivity index is 2.31. The molecule has 0 saturated carbocycles. The highest BCUT2D eigenvalue weighted by Crippen LogP contribution is 2.05. The zero-order valence-corrected chi connectivity index (χ0v) is 10.3. The van der Waals surface area contributed by atoms with Crippen molar-refractivity contribution in [2.45, 2.75) is 26.3 Å². The van der Waals surface area contributed by atoms with Gasteiger partial charge in [0.25, 0.3) is 0 Å². The monoisotopic (exact) mass is 255 g/mol. The van der Waals surface area contributed by atoms with Crippen LogP contribution in [-0.4, -0.2) is 40.0 Å². The number of hydrogen-bond acceptors (Lipinski definition) is 4. The van der Waals surface area contributed by atoms with E-state index in [-0.39, 0.29) is 18.9 Å². The van der Waals surface area contributed by atoms with Gasteiger partial charge in [0, 0.05) is 12.8 Å². The van der Waals surface area contributed by atoms with Crippen molar-refractivity contribution >= 4 is 17.6 Å². The van der Waals surface area contributed by atoms with Crippen LogP contribution < -0.4 is 5.32 Å². The van der Waals surface area contributed by atoms with Crippen molar-refractivity contribution < 1.29 is 19.4 Å². The first-order valence-corrected chi connectivity index (χ1v) is 5.73. The van der Waals surface area contributed by atoms with E-state index in [4.69, 9.17) is 9.84 Å². The minimum atomic E-state index is -0.982. The molecule has 18 heavy (non-hydrogen) atoms. The highest BCUT2D eigenvalue weighted by Gasteiger charge is 2.06. The zero-order valence-electron chi connectivity index (χ0n) is 10.3. The van der Waals surface area contributed by atoms with Gasteiger partial charge in [0.05, 0.1) is 24.9 Å². The summed E-state index contributed by atoms with van der Waals surface area (Å²) < 4.78 is 6.43. The van der Waals surface area contributed by atoms with E-state index in [0.717, 1.165) is 6.42 Å². The summed E-state index contributed by atoms with van der Waals surface area (Å²) in [5, 5.41) is 15.0. The lowest BCUT2D eigenvalue weighted by Gasteiger charge is -2.03. The number of carbonyl (C=O) groups is 2. The fraction of sp³-hybridized carbons (Fsp3) is 0.545. The maximum absolute atomic E-state index is 11.5. The fourth-order valence-corrected chi connectivity index (χ4v) is 1.29. The molecule has 0 radical (unpaired) electrons. The van der Waals surface area contributed by atoms with Crippen molar-refractivity contribution in [3.8, 4) is 0 Å². The topological polar surface area (TPSA) is 93.5 Å². The number of nitrogens with one attached hydrogen (secondary N) is 1. The van der Waals surface area contributed by atoms with Gasteiger partial charge in [0.2, 0.25) is 5.91 Å². The van der Waals surface area contributed by atoms with Gasteiger partial charge in [-0.15, -0.1) is 0 Å². The molecule has 0 fully saturated rings. The number of hydrogen-bond donors (Lipinski definition) is 2. The molecule has 0 saturated heterocycles. The number of carboxylic acids is 1. The summed E-state index contributed by atoms with van der Waals surface area (Å²) in [5.41, 5.74) is 0.483. The van der Waals surface area contributed by atoms with Gasteiger partial charge in [-0.1, -0.05) is 6.92 Å². The molecule has 1 aromatic heterocycles. The van der Waals surface area contributed by atoms with Crippen LogP contribution in [0.1, 0.15) is 19.8 Å². The predicted molar refractivity (Wildman–Crippen MR) is 64.2 cm³/mol. The number of anilines is 1. The molecule has 0 unspecified atom stereocenters. The molecule has 7 nitrogen and oxygen atoms in total. The van der Waals surface area contributed by atoms with Gasteiger partial charge >= 0.3 is 5.97 Å². The summed E-state index contributed by atoms with van der Waals surface area (Å²) >= 11 is 0. The van der Waals surface area contributed by atoms with E-state index < -0.39 is 5.97 Å². The summed E-state index contributed by atoms with van der Waals surface area (Å²) in [7, 11) is 0. The van der Waals surface area contributed by atoms with Gasteiger partial charge in [0.15, 0.2) is 0 Å². The van der Waals surface area contributed by atoms with Gasteiger partial charge in [-0.25, -0.2) is 0 Å². The Morgan fingerprint density at radius 1 is 1.50 bits per heavy atom. The Hall–Kier alpha value is -1.89. The van der Waals surface area contributed by atoms with Crippen LogP contribution in [0.3, 0.4) is 0 Å². The second kappa shape index (κ2) is 7.44. The molecular weight excluding hydrogens is 238 g/mol. The lowest BCUT2D eigenvalue weighted by atomic mass is 10.4. The molecule has 1 rings (SSSR count). The van der Waals surface area contributed by atoms with Crippen LogP contribution in [0.25, 0.3) is 0 Å². The minimum absolute atomic E-state index is 0.180. The predicted octanol–water partition coefficient (Wildman–Crippen LogP) is 0.723. The van der Waals surface area contributed by atoms with Crippen molar-refractivity contribution in [1.82, 2.24) is 9.78 Å². The number of aromatic nitrogens is 2. The second-order valence-corrected chi connectivity index (χ2v) is 3.73. The first-order chi connectivity index (χ1) is 8.61. The average Bonchev–Trinajstić information content (AvgIpc) is 2.71. The van der Waals surface area contributed by atoms with Gasteiger partial charge in [-0.2, -0.15) is 5.10 Å². The Labute approximate surface area is 105 Å². The van der Waals surface area contributed by atoms with Crippen LogP contribution in [0, 0.1) is 0 Å². The standard InChI is InChI=1S/C11H17N3O4/c1-2-4-18-5-3-10(15)13-9-6-12-14(7-9)8-11(16)17/h6-7H,2-5,8H2,1H3,(H,13,15)(H,16,17). The van der Waals surface area contributed by atoms with Crippen molar-refractivity contribution in [1.29, 1.82) is 0 Å². The lowest BCUT2D eigenvalue weighted by molar-refractivity contribution is -0.137. The number of rotatable bonds is 8. The Bertz CT molecular complexity index is 403. The van der Waals surface area contributed by atoms with Crippen LogP contribution in [0.2, 0.25) is 0 Å². The minimum Gasteiger partial charge on any atom is -0.480 e. The van der Waals surface area contributed by atoms with Gasteiger partial charge in [-0.05, 0) is 6.42 Å². The normalized spacial score (nSPS) is 10.3. The average molecular weight is 255 g/mol. The molecule has 2 N–H and O–H groups in total. The van der Waals surface area contributed by atoms with Crippen LogP contribution in [0.4, 0.5) is 5.69 Å². The van der Waals surface area contributed by atoms with Crippen molar-refractivity contribution in [2.24, 2.45) is 0 Å². The lowest BCUT2D eigenvalue weighted by Crippen LogP contribution is -2.14. The molecule has 0 atom stereocenters. The maximum atomic E-state index is 11.5. The smallest absolute Gasteiger partial charge is 0.325 e. The third kappa shape index (κ3) is 5.44. The van der Waals surface area contributed by atoms with Crippen molar-refractivity contribution in [3.63, 3.8) is 0 Å². The summed E-state index contributed by atoms with van der Waals surface area (Å²) in [6.45, 7) is 2.79. The molecular formula is C11H17N3O4. The van der Waals surface area contributed by atoms with E-state index in [2.05, 4.69) is 10.4 Å². The van der Waals surface area contributed by atoms with Crippen LogP contribution in [0.5, 0.6) is 0 Å². The molecule has 1 amide bonds. The summed E-state index contributed by atoms with van der Waals surface area (Å²) in [4.78, 5) is 21.9. The van der Waals surface area contributed by atoms with E-state index in [1.165, 1.54) is 17.1 Å². The van der Waals surface area contributed by atoms with Gasteiger partial charge in [-0.3, -0.25) is 14.3 Å². The maximum Gasteiger partial charge on any atom is 0.325 e. The van der Waals surface area contributed by atoms with Crippen molar-refractivity contribution in [2.75, 3.05) is 18.5 Å². The van der Waals surface area contributed by atoms with Crippen LogP contribution >= 0.6 is 0 Å².